The van der Waals surface area contributed by atoms with Crippen molar-refractivity contribution in [2.24, 2.45) is 0 Å². The maximum Gasteiger partial charge on any atom is 6.00 e. The van der Waals surface area contributed by atoms with Crippen LogP contribution in [-0.4, -0.2) is 0 Å². The first-order valence-electron chi connectivity index (χ1n) is 0. The predicted octanol–water partition coefficient (Wildman–Crippen LogP) is -0.361. The van der Waals surface area contributed by atoms with E-state index in [-0.39, 0.29) is 59.9 Å². The SMILES string of the molecule is [O-2].[O-2].[O-2].[Ta].[W+6]. The van der Waals surface area contributed by atoms with E-state index in [9.17, 15) is 0 Å². The Morgan fingerprint density at radius 2 is 0.600 bits per heavy atom. The summed E-state index contributed by atoms with van der Waals surface area (Å²) in [6.07, 6.45) is 0. The van der Waals surface area contributed by atoms with E-state index in [1.807, 2.05) is 0 Å². The van der Waals surface area contributed by atoms with Crippen LogP contribution < -0.4 is 0 Å². The van der Waals surface area contributed by atoms with Crippen LogP contribution >= 0.6 is 0 Å². The van der Waals surface area contributed by atoms with E-state index >= 15 is 0 Å². The molecular formula is O3TaW. The van der Waals surface area contributed by atoms with E-state index in [1.165, 1.54) is 0 Å². The monoisotopic (exact) mass is 413 g/mol. The molecule has 0 atom stereocenters. The van der Waals surface area contributed by atoms with Crippen LogP contribution in [-0.2, 0) is 59.9 Å². The van der Waals surface area contributed by atoms with Crippen LogP contribution in [0.3, 0.4) is 0 Å². The molecule has 0 aliphatic heterocycles. The molecule has 3 nitrogen and oxygen atoms in total. The second-order valence-electron chi connectivity index (χ2n) is 0. The summed E-state index contributed by atoms with van der Waals surface area (Å²) in [5, 5.41) is 0. The predicted molar refractivity (Wildman–Crippen MR) is 2.06 cm³/mol. The molecule has 29 valence electrons. The van der Waals surface area contributed by atoms with Gasteiger partial charge in [0.2, 0.25) is 0 Å². The molecule has 0 N–H and O–H groups in total. The van der Waals surface area contributed by atoms with Crippen LogP contribution in [0.2, 0.25) is 0 Å². The number of hydrogen-bond donors (Lipinski definition) is 0. The number of hydrogen-bond acceptors (Lipinski definition) is 0. The molecule has 0 rings (SSSR count). The average molecular weight is 413 g/mol. The molecule has 0 spiro atoms. The van der Waals surface area contributed by atoms with Crippen molar-refractivity contribution in [3.63, 3.8) is 0 Å². The molecule has 0 saturated heterocycles. The Kier molecular flexibility index (Phi) is 1200. The fourth-order valence-electron chi connectivity index (χ4n) is 0. The summed E-state index contributed by atoms with van der Waals surface area (Å²) in [5.74, 6) is 0. The van der Waals surface area contributed by atoms with Crippen LogP contribution in [0.5, 0.6) is 0 Å². The third-order valence-corrected chi connectivity index (χ3v) is 0. The average Bonchev–Trinajstić information content (AvgIpc) is 0. The van der Waals surface area contributed by atoms with Gasteiger partial charge in [0.15, 0.2) is 0 Å². The zero-order valence-corrected chi connectivity index (χ0v) is 8.23. The fraction of sp³-hybridized carbons (Fsp3) is 0. The van der Waals surface area contributed by atoms with Gasteiger partial charge < -0.3 is 16.4 Å². The van der Waals surface area contributed by atoms with Crippen molar-refractivity contribution in [1.29, 1.82) is 0 Å². The summed E-state index contributed by atoms with van der Waals surface area (Å²) < 4.78 is 0. The van der Waals surface area contributed by atoms with Crippen molar-refractivity contribution in [1.82, 2.24) is 0 Å². The molecule has 0 bridgehead atoms. The molecule has 0 amide bonds. The van der Waals surface area contributed by atoms with Crippen molar-refractivity contribution in [2.45, 2.75) is 0 Å². The van der Waals surface area contributed by atoms with Crippen molar-refractivity contribution >= 4 is 0 Å². The van der Waals surface area contributed by atoms with Gasteiger partial charge in [-0.25, -0.2) is 0 Å². The smallest absolute Gasteiger partial charge is 2.00 e. The first-order valence-corrected chi connectivity index (χ1v) is 0. The normalized spacial score (nSPS) is 0. The summed E-state index contributed by atoms with van der Waals surface area (Å²) in [4.78, 5) is 0. The van der Waals surface area contributed by atoms with Crippen molar-refractivity contribution in [3.05, 3.63) is 0 Å². The third kappa shape index (κ3) is 33.9. The molecule has 0 unspecified atom stereocenters. The van der Waals surface area contributed by atoms with E-state index < -0.39 is 0 Å². The first-order chi connectivity index (χ1) is 0. The summed E-state index contributed by atoms with van der Waals surface area (Å²) >= 11 is 0. The molecule has 0 aromatic carbocycles. The Morgan fingerprint density at radius 1 is 0.600 bits per heavy atom. The molecule has 0 aliphatic carbocycles. The zero-order chi connectivity index (χ0) is 0. The first kappa shape index (κ1) is 104. The minimum atomic E-state index is 0. The van der Waals surface area contributed by atoms with Gasteiger partial charge in [0.25, 0.3) is 0 Å². The Labute approximate surface area is 59.8 Å². The second-order valence-corrected chi connectivity index (χ2v) is 0. The Balaban J connectivity index is 0. The molecule has 0 saturated carbocycles. The number of rotatable bonds is 0. The largest absolute Gasteiger partial charge is 6.00 e. The van der Waals surface area contributed by atoms with Crippen molar-refractivity contribution in [3.8, 4) is 0 Å². The standard InChI is InChI=1S/3O.Ta.W/q3*-2;;+6. The van der Waals surface area contributed by atoms with Gasteiger partial charge in [-0.2, -0.15) is 0 Å². The summed E-state index contributed by atoms with van der Waals surface area (Å²) in [7, 11) is 0. The van der Waals surface area contributed by atoms with E-state index in [1.54, 1.807) is 0 Å². The topological polar surface area (TPSA) is 85.5 Å². The van der Waals surface area contributed by atoms with Crippen molar-refractivity contribution < 1.29 is 59.9 Å². The molecule has 0 aromatic rings. The zero-order valence-electron chi connectivity index (χ0n) is 2.08. The van der Waals surface area contributed by atoms with Gasteiger partial charge in [-0.05, 0) is 0 Å². The molecule has 0 fully saturated rings. The van der Waals surface area contributed by atoms with Gasteiger partial charge in [0.1, 0.15) is 0 Å². The van der Waals surface area contributed by atoms with Crippen LogP contribution in [0.1, 0.15) is 0 Å². The van der Waals surface area contributed by atoms with Crippen molar-refractivity contribution in [2.75, 3.05) is 0 Å². The van der Waals surface area contributed by atoms with E-state index in [0.717, 1.165) is 0 Å². The van der Waals surface area contributed by atoms with Crippen LogP contribution in [0.25, 0.3) is 0 Å². The Hall–Kier alpha value is 1.31. The second kappa shape index (κ2) is 57.6. The van der Waals surface area contributed by atoms with Crippen LogP contribution in [0.4, 0.5) is 0 Å². The maximum absolute atomic E-state index is 0. The molecule has 5 heteroatoms. The van der Waals surface area contributed by atoms with Gasteiger partial charge >= 0.3 is 21.1 Å². The van der Waals surface area contributed by atoms with E-state index in [2.05, 4.69) is 0 Å². The fourth-order valence-corrected chi connectivity index (χ4v) is 0. The molecule has 1 radical (unpaired) electrons. The van der Waals surface area contributed by atoms with Crippen LogP contribution in [0.15, 0.2) is 0 Å². The molecular weight excluding hydrogens is 413 g/mol. The molecule has 0 aliphatic rings. The maximum atomic E-state index is 0. The van der Waals surface area contributed by atoms with Gasteiger partial charge in [-0.3, -0.25) is 0 Å². The third-order valence-electron chi connectivity index (χ3n) is 0. The van der Waals surface area contributed by atoms with E-state index in [0.29, 0.717) is 0 Å². The Morgan fingerprint density at radius 3 is 0.600 bits per heavy atom. The molecule has 0 heterocycles. The van der Waals surface area contributed by atoms with Gasteiger partial charge in [0.05, 0.1) is 0 Å². The minimum absolute atomic E-state index is 0. The quantitative estimate of drug-likeness (QED) is 0.520. The van der Waals surface area contributed by atoms with Gasteiger partial charge in [0, 0.05) is 22.4 Å². The van der Waals surface area contributed by atoms with Gasteiger partial charge in [-0.1, -0.05) is 0 Å². The minimum Gasteiger partial charge on any atom is -2.00 e. The molecule has 0 aromatic heterocycles. The van der Waals surface area contributed by atoms with Crippen LogP contribution in [0, 0.1) is 0 Å². The van der Waals surface area contributed by atoms with Gasteiger partial charge in [-0.15, -0.1) is 0 Å². The summed E-state index contributed by atoms with van der Waals surface area (Å²) in [6, 6.07) is 0. The molecule has 5 heavy (non-hydrogen) atoms. The summed E-state index contributed by atoms with van der Waals surface area (Å²) in [6.45, 7) is 0. The summed E-state index contributed by atoms with van der Waals surface area (Å²) in [5.41, 5.74) is 0. The Bertz CT molecular complexity index is 6.85. The van der Waals surface area contributed by atoms with E-state index in [4.69, 9.17) is 0 Å².